The number of aromatic nitrogens is 1. The molecule has 1 atom stereocenters. The summed E-state index contributed by atoms with van der Waals surface area (Å²) >= 11 is 0. The van der Waals surface area contributed by atoms with E-state index in [9.17, 15) is 19.5 Å². The van der Waals surface area contributed by atoms with Crippen molar-refractivity contribution in [3.05, 3.63) is 29.6 Å². The topological polar surface area (TPSA) is 87.6 Å². The van der Waals surface area contributed by atoms with E-state index in [1.807, 2.05) is 13.8 Å². The minimum atomic E-state index is -0.997. The molecule has 20 heavy (non-hydrogen) atoms. The Morgan fingerprint density at radius 2 is 2.05 bits per heavy atom. The van der Waals surface area contributed by atoms with Gasteiger partial charge < -0.3 is 5.11 Å². The second-order valence-corrected chi connectivity index (χ2v) is 5.29. The van der Waals surface area contributed by atoms with Gasteiger partial charge in [0, 0.05) is 12.7 Å². The van der Waals surface area contributed by atoms with E-state index in [-0.39, 0.29) is 23.7 Å². The molecule has 1 N–H and O–H groups in total. The maximum atomic E-state index is 12.1. The summed E-state index contributed by atoms with van der Waals surface area (Å²) in [4.78, 5) is 40.3. The molecule has 1 aromatic heterocycles. The number of nitrogens with zero attached hydrogens (tertiary/aromatic N) is 2. The van der Waals surface area contributed by atoms with Crippen LogP contribution in [0.3, 0.4) is 0 Å². The molecular formula is C14H16N2O4. The van der Waals surface area contributed by atoms with Gasteiger partial charge in [0.25, 0.3) is 11.8 Å². The Bertz CT molecular complexity index is 533. The van der Waals surface area contributed by atoms with Crippen LogP contribution in [0.4, 0.5) is 0 Å². The summed E-state index contributed by atoms with van der Waals surface area (Å²) in [6, 6.07) is 3.11. The molecule has 0 saturated heterocycles. The average molecular weight is 276 g/mol. The zero-order chi connectivity index (χ0) is 14.9. The highest BCUT2D eigenvalue weighted by molar-refractivity contribution is 6.20. The Morgan fingerprint density at radius 1 is 1.35 bits per heavy atom. The van der Waals surface area contributed by atoms with Crippen LogP contribution in [0.25, 0.3) is 0 Å². The first kappa shape index (κ1) is 14.2. The fourth-order valence-corrected chi connectivity index (χ4v) is 2.32. The van der Waals surface area contributed by atoms with E-state index in [1.165, 1.54) is 12.3 Å². The number of carbonyl (C=O) groups excluding carboxylic acids is 2. The Labute approximate surface area is 116 Å². The predicted octanol–water partition coefficient (Wildman–Crippen LogP) is 1.42. The molecule has 2 rings (SSSR count). The van der Waals surface area contributed by atoms with Gasteiger partial charge in [-0.25, -0.2) is 0 Å². The van der Waals surface area contributed by atoms with E-state index in [1.54, 1.807) is 6.07 Å². The summed E-state index contributed by atoms with van der Waals surface area (Å²) in [6.07, 6.45) is 1.85. The molecule has 0 aliphatic carbocycles. The first-order valence-corrected chi connectivity index (χ1v) is 6.45. The van der Waals surface area contributed by atoms with Crippen LogP contribution in [0, 0.1) is 11.8 Å². The molecule has 0 spiro atoms. The molecule has 0 aromatic carbocycles. The van der Waals surface area contributed by atoms with Crippen molar-refractivity contribution in [2.75, 3.05) is 6.54 Å². The molecule has 0 saturated carbocycles. The molecule has 1 unspecified atom stereocenters. The summed E-state index contributed by atoms with van der Waals surface area (Å²) < 4.78 is 0. The van der Waals surface area contributed by atoms with Gasteiger partial charge in [0.05, 0.1) is 11.5 Å². The molecular weight excluding hydrogens is 260 g/mol. The normalized spacial score (nSPS) is 15.7. The Kier molecular flexibility index (Phi) is 3.83. The fraction of sp³-hybridized carbons (Fsp3) is 0.429. The molecule has 2 amide bonds. The first-order chi connectivity index (χ1) is 9.41. The van der Waals surface area contributed by atoms with E-state index in [0.717, 1.165) is 4.90 Å². The van der Waals surface area contributed by atoms with Crippen molar-refractivity contribution < 1.29 is 19.5 Å². The molecule has 1 aliphatic rings. The van der Waals surface area contributed by atoms with Crippen molar-refractivity contribution in [1.29, 1.82) is 0 Å². The van der Waals surface area contributed by atoms with Crippen LogP contribution in [0.2, 0.25) is 0 Å². The summed E-state index contributed by atoms with van der Waals surface area (Å²) in [5.74, 6) is -2.56. The van der Waals surface area contributed by atoms with Gasteiger partial charge in [-0.05, 0) is 24.5 Å². The van der Waals surface area contributed by atoms with E-state index in [0.29, 0.717) is 6.42 Å². The van der Waals surface area contributed by atoms with Crippen LogP contribution in [0.1, 0.15) is 41.1 Å². The molecule has 2 heterocycles. The third-order valence-corrected chi connectivity index (χ3v) is 3.24. The Morgan fingerprint density at radius 3 is 2.60 bits per heavy atom. The lowest BCUT2D eigenvalue weighted by Gasteiger charge is -2.20. The fourth-order valence-electron chi connectivity index (χ4n) is 2.32. The number of carboxylic acids is 1. The van der Waals surface area contributed by atoms with Crippen LogP contribution >= 0.6 is 0 Å². The maximum Gasteiger partial charge on any atom is 0.308 e. The molecule has 6 heteroatoms. The van der Waals surface area contributed by atoms with Crippen LogP contribution in [-0.4, -0.2) is 39.3 Å². The minimum Gasteiger partial charge on any atom is -0.481 e. The van der Waals surface area contributed by atoms with Gasteiger partial charge in [-0.2, -0.15) is 0 Å². The maximum absolute atomic E-state index is 12.1. The van der Waals surface area contributed by atoms with Crippen molar-refractivity contribution in [2.45, 2.75) is 20.3 Å². The summed E-state index contributed by atoms with van der Waals surface area (Å²) in [5.41, 5.74) is 0.345. The molecule has 1 aliphatic heterocycles. The molecule has 0 bridgehead atoms. The van der Waals surface area contributed by atoms with Crippen molar-refractivity contribution >= 4 is 17.8 Å². The molecule has 1 aromatic rings. The number of pyridine rings is 1. The number of hydrogen-bond acceptors (Lipinski definition) is 4. The van der Waals surface area contributed by atoms with Crippen LogP contribution in [0.15, 0.2) is 18.3 Å². The second-order valence-electron chi connectivity index (χ2n) is 5.29. The van der Waals surface area contributed by atoms with Crippen molar-refractivity contribution in [3.63, 3.8) is 0 Å². The van der Waals surface area contributed by atoms with Gasteiger partial charge in [0.2, 0.25) is 0 Å². The van der Waals surface area contributed by atoms with E-state index < -0.39 is 23.7 Å². The molecule has 0 radical (unpaired) electrons. The van der Waals surface area contributed by atoms with Crippen molar-refractivity contribution in [3.8, 4) is 0 Å². The van der Waals surface area contributed by atoms with E-state index >= 15 is 0 Å². The van der Waals surface area contributed by atoms with Crippen LogP contribution in [-0.2, 0) is 4.79 Å². The highest BCUT2D eigenvalue weighted by atomic mass is 16.4. The van der Waals surface area contributed by atoms with Gasteiger partial charge in [0.15, 0.2) is 0 Å². The smallest absolute Gasteiger partial charge is 0.308 e. The van der Waals surface area contributed by atoms with E-state index in [2.05, 4.69) is 4.98 Å². The van der Waals surface area contributed by atoms with Gasteiger partial charge in [-0.3, -0.25) is 24.3 Å². The predicted molar refractivity (Wildman–Crippen MR) is 70.2 cm³/mol. The lowest BCUT2D eigenvalue weighted by Crippen LogP contribution is -2.37. The third-order valence-electron chi connectivity index (χ3n) is 3.24. The molecule has 0 fully saturated rings. The molecule has 6 nitrogen and oxygen atoms in total. The highest BCUT2D eigenvalue weighted by Gasteiger charge is 2.38. The SMILES string of the molecule is CC(C)CC(CN1C(=O)c2cccnc2C1=O)C(=O)O. The number of hydrogen-bond donors (Lipinski definition) is 1. The quantitative estimate of drug-likeness (QED) is 0.822. The number of fused-ring (bicyclic) bond motifs is 1. The highest BCUT2D eigenvalue weighted by Crippen LogP contribution is 2.23. The average Bonchev–Trinajstić information content (AvgIpc) is 2.63. The third kappa shape index (κ3) is 2.54. The number of rotatable bonds is 5. The Hall–Kier alpha value is -2.24. The van der Waals surface area contributed by atoms with Gasteiger partial charge in [-0.1, -0.05) is 13.8 Å². The number of aliphatic carboxylic acids is 1. The number of imide groups is 1. The molecule has 106 valence electrons. The lowest BCUT2D eigenvalue weighted by molar-refractivity contribution is -0.142. The summed E-state index contributed by atoms with van der Waals surface area (Å²) in [6.45, 7) is 3.70. The minimum absolute atomic E-state index is 0.103. The number of carbonyl (C=O) groups is 3. The zero-order valence-electron chi connectivity index (χ0n) is 11.4. The lowest BCUT2D eigenvalue weighted by atomic mass is 9.96. The first-order valence-electron chi connectivity index (χ1n) is 6.45. The number of carboxylic acid groups (broad SMARTS) is 1. The Balaban J connectivity index is 2.21. The second kappa shape index (κ2) is 5.40. The largest absolute Gasteiger partial charge is 0.481 e. The summed E-state index contributed by atoms with van der Waals surface area (Å²) in [5, 5.41) is 9.21. The van der Waals surface area contributed by atoms with Crippen molar-refractivity contribution in [1.82, 2.24) is 9.88 Å². The standard InChI is InChI=1S/C14H16N2O4/c1-8(2)6-9(14(19)20)7-16-12(17)10-4-3-5-15-11(10)13(16)18/h3-5,8-9H,6-7H2,1-2H3,(H,19,20). The van der Waals surface area contributed by atoms with Crippen LogP contribution < -0.4 is 0 Å². The van der Waals surface area contributed by atoms with Gasteiger partial charge in [0.1, 0.15) is 5.69 Å². The van der Waals surface area contributed by atoms with Crippen LogP contribution in [0.5, 0.6) is 0 Å². The van der Waals surface area contributed by atoms with Gasteiger partial charge in [-0.15, -0.1) is 0 Å². The van der Waals surface area contributed by atoms with Gasteiger partial charge >= 0.3 is 5.97 Å². The van der Waals surface area contributed by atoms with E-state index in [4.69, 9.17) is 0 Å². The monoisotopic (exact) mass is 276 g/mol. The summed E-state index contributed by atoms with van der Waals surface area (Å²) in [7, 11) is 0. The zero-order valence-corrected chi connectivity index (χ0v) is 11.4. The van der Waals surface area contributed by atoms with Crippen molar-refractivity contribution in [2.24, 2.45) is 11.8 Å². The number of amides is 2.